The van der Waals surface area contributed by atoms with E-state index in [0.717, 1.165) is 5.39 Å². The van der Waals surface area contributed by atoms with Gasteiger partial charge in [0, 0.05) is 19.2 Å². The molecule has 5 rings (SSSR count). The lowest BCUT2D eigenvalue weighted by molar-refractivity contribution is -0.384. The second-order valence-electron chi connectivity index (χ2n) is 6.26. The van der Waals surface area contributed by atoms with E-state index in [1.54, 1.807) is 33.9 Å². The molecule has 0 aliphatic carbocycles. The smallest absolute Gasteiger partial charge is 0.269 e. The number of fused-ring (bicyclic) bond motifs is 3. The number of furan rings is 1. The van der Waals surface area contributed by atoms with Crippen LogP contribution in [0.2, 0.25) is 0 Å². The Hall–Kier alpha value is -4.28. The molecule has 4 heterocycles. The van der Waals surface area contributed by atoms with Crippen molar-refractivity contribution in [2.24, 2.45) is 7.05 Å². The number of nitro groups is 1. The zero-order chi connectivity index (χ0) is 20.0. The summed E-state index contributed by atoms with van der Waals surface area (Å²) < 4.78 is 14.6. The first-order valence-electron chi connectivity index (χ1n) is 8.58. The molecule has 1 aromatic carbocycles. The van der Waals surface area contributed by atoms with Gasteiger partial charge >= 0.3 is 0 Å². The Balaban J connectivity index is 1.37. The lowest BCUT2D eigenvalue weighted by Gasteiger charge is -2.03. The van der Waals surface area contributed by atoms with Crippen LogP contribution < -0.4 is 4.74 Å². The third-order valence-electron chi connectivity index (χ3n) is 4.38. The van der Waals surface area contributed by atoms with E-state index < -0.39 is 4.92 Å². The van der Waals surface area contributed by atoms with E-state index in [9.17, 15) is 10.1 Å². The van der Waals surface area contributed by atoms with Gasteiger partial charge in [-0.3, -0.25) is 14.8 Å². The van der Waals surface area contributed by atoms with Gasteiger partial charge in [0.05, 0.1) is 16.5 Å². The normalized spacial score (nSPS) is 11.3. The topological polar surface area (TPSA) is 126 Å². The van der Waals surface area contributed by atoms with Gasteiger partial charge in [-0.25, -0.2) is 14.5 Å². The lowest BCUT2D eigenvalue weighted by Crippen LogP contribution is -1.94. The van der Waals surface area contributed by atoms with Crippen LogP contribution in [0.1, 0.15) is 5.76 Å². The average Bonchev–Trinajstić information content (AvgIpc) is 3.44. The molecule has 0 aliphatic rings. The highest BCUT2D eigenvalue weighted by molar-refractivity contribution is 5.88. The molecule has 4 aromatic heterocycles. The van der Waals surface area contributed by atoms with Gasteiger partial charge in [-0.15, -0.1) is 5.10 Å². The van der Waals surface area contributed by atoms with Gasteiger partial charge in [0.1, 0.15) is 24.4 Å². The molecule has 0 saturated carbocycles. The van der Waals surface area contributed by atoms with Crippen LogP contribution >= 0.6 is 0 Å². The number of non-ortho nitro benzene ring substituents is 1. The Morgan fingerprint density at radius 2 is 2.00 bits per heavy atom. The predicted molar refractivity (Wildman–Crippen MR) is 100 cm³/mol. The van der Waals surface area contributed by atoms with Gasteiger partial charge in [0.15, 0.2) is 17.1 Å². The van der Waals surface area contributed by atoms with Crippen LogP contribution in [-0.4, -0.2) is 34.3 Å². The maximum absolute atomic E-state index is 10.7. The van der Waals surface area contributed by atoms with Crippen LogP contribution in [0.25, 0.3) is 28.3 Å². The largest absolute Gasteiger partial charge is 0.486 e. The quantitative estimate of drug-likeness (QED) is 0.331. The fraction of sp³-hybridized carbons (Fsp3) is 0.111. The van der Waals surface area contributed by atoms with E-state index in [0.29, 0.717) is 34.4 Å². The Labute approximate surface area is 162 Å². The number of aryl methyl sites for hydroxylation is 1. The standard InChI is InChI=1S/C18H13N7O4/c1-23-17-14(8-20-23)18-21-16(22-24(18)10-19-17)15-7-6-13(29-15)9-28-12-4-2-11(3-5-12)25(26)27/h2-8,10H,9H2,1H3. The highest BCUT2D eigenvalue weighted by atomic mass is 16.6. The highest BCUT2D eigenvalue weighted by Crippen LogP contribution is 2.24. The zero-order valence-electron chi connectivity index (χ0n) is 15.1. The molecule has 0 unspecified atom stereocenters. The molecular weight excluding hydrogens is 378 g/mol. The number of rotatable bonds is 5. The van der Waals surface area contributed by atoms with Gasteiger partial charge in [0.2, 0.25) is 5.82 Å². The summed E-state index contributed by atoms with van der Waals surface area (Å²) in [5.41, 5.74) is 1.36. The molecule has 0 amide bonds. The number of benzene rings is 1. The van der Waals surface area contributed by atoms with Crippen molar-refractivity contribution in [3.63, 3.8) is 0 Å². The maximum Gasteiger partial charge on any atom is 0.269 e. The summed E-state index contributed by atoms with van der Waals surface area (Å²) in [6.07, 6.45) is 3.28. The molecule has 0 aliphatic heterocycles. The van der Waals surface area contributed by atoms with Gasteiger partial charge in [-0.2, -0.15) is 5.10 Å². The van der Waals surface area contributed by atoms with Crippen LogP contribution in [-0.2, 0) is 13.7 Å². The first-order chi connectivity index (χ1) is 14.1. The monoisotopic (exact) mass is 391 g/mol. The molecule has 144 valence electrons. The molecule has 5 aromatic rings. The molecule has 11 nitrogen and oxygen atoms in total. The molecule has 0 spiro atoms. The molecule has 11 heteroatoms. The molecule has 0 fully saturated rings. The lowest BCUT2D eigenvalue weighted by atomic mass is 10.3. The van der Waals surface area contributed by atoms with Crippen LogP contribution in [0.3, 0.4) is 0 Å². The molecule has 0 atom stereocenters. The second-order valence-corrected chi connectivity index (χ2v) is 6.26. The van der Waals surface area contributed by atoms with E-state index in [1.807, 2.05) is 7.05 Å². The van der Waals surface area contributed by atoms with Crippen molar-refractivity contribution in [1.29, 1.82) is 0 Å². The molecule has 0 saturated heterocycles. The SMILES string of the molecule is Cn1ncc2c1ncn1nc(-c3ccc(COc4ccc([N+](=O)[O-])cc4)o3)nc21. The van der Waals surface area contributed by atoms with Gasteiger partial charge in [-0.1, -0.05) is 0 Å². The average molecular weight is 391 g/mol. The summed E-state index contributed by atoms with van der Waals surface area (Å²) in [5.74, 6) is 1.99. The minimum atomic E-state index is -0.459. The van der Waals surface area contributed by atoms with Gasteiger partial charge in [0.25, 0.3) is 5.69 Å². The van der Waals surface area contributed by atoms with E-state index in [4.69, 9.17) is 9.15 Å². The van der Waals surface area contributed by atoms with Crippen molar-refractivity contribution in [3.05, 3.63) is 64.8 Å². The minimum Gasteiger partial charge on any atom is -0.486 e. The van der Waals surface area contributed by atoms with E-state index in [1.165, 1.54) is 24.3 Å². The Morgan fingerprint density at radius 1 is 1.17 bits per heavy atom. The summed E-state index contributed by atoms with van der Waals surface area (Å²) in [5, 5.41) is 20.1. The molecule has 0 bridgehead atoms. The summed E-state index contributed by atoms with van der Waals surface area (Å²) in [7, 11) is 1.81. The van der Waals surface area contributed by atoms with Crippen LogP contribution in [0, 0.1) is 10.1 Å². The number of nitrogens with zero attached hydrogens (tertiary/aromatic N) is 7. The van der Waals surface area contributed by atoms with Crippen LogP contribution in [0.15, 0.2) is 53.3 Å². The number of ether oxygens (including phenoxy) is 1. The van der Waals surface area contributed by atoms with Crippen molar-refractivity contribution in [3.8, 4) is 17.3 Å². The van der Waals surface area contributed by atoms with Gasteiger partial charge in [-0.05, 0) is 24.3 Å². The molecule has 29 heavy (non-hydrogen) atoms. The van der Waals surface area contributed by atoms with Crippen molar-refractivity contribution in [2.45, 2.75) is 6.61 Å². The number of hydrogen-bond acceptors (Lipinski definition) is 8. The Morgan fingerprint density at radius 3 is 2.79 bits per heavy atom. The van der Waals surface area contributed by atoms with Crippen molar-refractivity contribution < 1.29 is 14.1 Å². The van der Waals surface area contributed by atoms with E-state index in [-0.39, 0.29) is 12.3 Å². The number of hydrogen-bond donors (Lipinski definition) is 0. The summed E-state index contributed by atoms with van der Waals surface area (Å²) in [4.78, 5) is 19.1. The fourth-order valence-electron chi connectivity index (χ4n) is 2.94. The third kappa shape index (κ3) is 2.94. The summed E-state index contributed by atoms with van der Waals surface area (Å²) in [6, 6.07) is 9.38. The van der Waals surface area contributed by atoms with Crippen molar-refractivity contribution >= 4 is 22.4 Å². The summed E-state index contributed by atoms with van der Waals surface area (Å²) in [6.45, 7) is 0.166. The van der Waals surface area contributed by atoms with E-state index in [2.05, 4.69) is 20.2 Å². The zero-order valence-corrected chi connectivity index (χ0v) is 15.1. The fourth-order valence-corrected chi connectivity index (χ4v) is 2.94. The Kier molecular flexibility index (Phi) is 3.72. The number of aromatic nitrogens is 6. The predicted octanol–water partition coefficient (Wildman–Crippen LogP) is 2.76. The van der Waals surface area contributed by atoms with E-state index >= 15 is 0 Å². The maximum atomic E-state index is 10.7. The molecular formula is C18H13N7O4. The number of nitro benzene ring substituents is 1. The second kappa shape index (κ2) is 6.41. The first kappa shape index (κ1) is 16.9. The minimum absolute atomic E-state index is 0.00720. The van der Waals surface area contributed by atoms with Gasteiger partial charge < -0.3 is 9.15 Å². The van der Waals surface area contributed by atoms with Crippen LogP contribution in [0.5, 0.6) is 5.75 Å². The Bertz CT molecular complexity index is 1350. The third-order valence-corrected chi connectivity index (χ3v) is 4.38. The first-order valence-corrected chi connectivity index (χ1v) is 8.58. The van der Waals surface area contributed by atoms with Crippen molar-refractivity contribution in [2.75, 3.05) is 0 Å². The van der Waals surface area contributed by atoms with Crippen molar-refractivity contribution in [1.82, 2.24) is 29.4 Å². The molecule has 0 radical (unpaired) electrons. The molecule has 0 N–H and O–H groups in total. The van der Waals surface area contributed by atoms with Crippen LogP contribution in [0.4, 0.5) is 5.69 Å². The highest BCUT2D eigenvalue weighted by Gasteiger charge is 2.15. The summed E-state index contributed by atoms with van der Waals surface area (Å²) >= 11 is 0.